The van der Waals surface area contributed by atoms with Crippen molar-refractivity contribution in [3.63, 3.8) is 0 Å². The van der Waals surface area contributed by atoms with E-state index in [2.05, 4.69) is 10.6 Å². The maximum atomic E-state index is 12.8. The first-order chi connectivity index (χ1) is 13.6. The van der Waals surface area contributed by atoms with Crippen LogP contribution in [0.25, 0.3) is 0 Å². The van der Waals surface area contributed by atoms with Crippen molar-refractivity contribution in [3.8, 4) is 6.07 Å². The molecule has 10 heteroatoms. The zero-order valence-electron chi connectivity index (χ0n) is 14.5. The van der Waals surface area contributed by atoms with Crippen LogP contribution in [0.5, 0.6) is 0 Å². The molecule has 0 radical (unpaired) electrons. The molecule has 1 saturated carbocycles. The number of benzene rings is 2. The molecule has 29 heavy (non-hydrogen) atoms. The van der Waals surface area contributed by atoms with Gasteiger partial charge in [-0.1, -0.05) is 34.8 Å². The van der Waals surface area contributed by atoms with E-state index in [1.54, 1.807) is 30.3 Å². The van der Waals surface area contributed by atoms with Crippen LogP contribution >= 0.6 is 58.0 Å². The highest BCUT2D eigenvalue weighted by molar-refractivity contribution is 6.53. The fourth-order valence-corrected chi connectivity index (χ4v) is 4.54. The van der Waals surface area contributed by atoms with E-state index in [1.165, 1.54) is 12.1 Å². The zero-order valence-corrected chi connectivity index (χ0v) is 18.3. The van der Waals surface area contributed by atoms with Crippen molar-refractivity contribution in [3.05, 3.63) is 57.0 Å². The second kappa shape index (κ2) is 8.59. The molecule has 1 aliphatic rings. The van der Waals surface area contributed by atoms with Crippen molar-refractivity contribution >= 4 is 81.2 Å². The van der Waals surface area contributed by atoms with Gasteiger partial charge in [0.15, 0.2) is 0 Å². The molecule has 2 N–H and O–H groups in total. The Morgan fingerprint density at radius 1 is 1.03 bits per heavy atom. The van der Waals surface area contributed by atoms with Gasteiger partial charge in [0.25, 0.3) is 0 Å². The molecule has 2 unspecified atom stereocenters. The smallest absolute Gasteiger partial charge is 0.238 e. The number of carbonyl (C=O) groups excluding carboxylic acids is 2. The van der Waals surface area contributed by atoms with Crippen LogP contribution in [0.2, 0.25) is 15.1 Å². The molecule has 1 aliphatic carbocycles. The number of anilines is 2. The number of hydrogen-bond donors (Lipinski definition) is 2. The molecule has 3 rings (SSSR count). The van der Waals surface area contributed by atoms with E-state index in [-0.39, 0.29) is 17.1 Å². The number of nitrogens with zero attached hydrogens (tertiary/aromatic N) is 1. The van der Waals surface area contributed by atoms with Gasteiger partial charge in [-0.2, -0.15) is 5.26 Å². The summed E-state index contributed by atoms with van der Waals surface area (Å²) >= 11 is 30.8. The molecule has 5 nitrogen and oxygen atoms in total. The molecular formula is C19H12Cl5N3O2. The van der Waals surface area contributed by atoms with Gasteiger partial charge in [0.05, 0.1) is 22.7 Å². The maximum absolute atomic E-state index is 12.8. The molecule has 2 aromatic rings. The van der Waals surface area contributed by atoms with Crippen LogP contribution in [0.4, 0.5) is 11.4 Å². The van der Waals surface area contributed by atoms with Gasteiger partial charge in [-0.3, -0.25) is 9.59 Å². The minimum atomic E-state index is -1.31. The van der Waals surface area contributed by atoms with Crippen LogP contribution in [-0.2, 0) is 9.59 Å². The molecule has 2 aromatic carbocycles. The van der Waals surface area contributed by atoms with Crippen molar-refractivity contribution in [2.75, 3.05) is 10.6 Å². The van der Waals surface area contributed by atoms with Crippen molar-refractivity contribution in [1.29, 1.82) is 5.26 Å². The summed E-state index contributed by atoms with van der Waals surface area (Å²) < 4.78 is -1.31. The van der Waals surface area contributed by atoms with E-state index in [9.17, 15) is 9.59 Å². The zero-order chi connectivity index (χ0) is 21.3. The number of hydrogen-bond acceptors (Lipinski definition) is 3. The third kappa shape index (κ3) is 4.91. The number of amides is 2. The van der Waals surface area contributed by atoms with Gasteiger partial charge in [0, 0.05) is 21.7 Å². The van der Waals surface area contributed by atoms with Gasteiger partial charge in [0.1, 0.15) is 10.8 Å². The number of carbonyl (C=O) groups is 2. The number of nitrogens with one attached hydrogen (secondary N) is 2. The minimum absolute atomic E-state index is 0.260. The Morgan fingerprint density at radius 2 is 1.69 bits per heavy atom. The fourth-order valence-electron chi connectivity index (χ4n) is 3.01. The third-order valence-electron chi connectivity index (χ3n) is 4.33. The van der Waals surface area contributed by atoms with Gasteiger partial charge in [-0.05, 0) is 42.0 Å². The molecule has 0 bridgehead atoms. The van der Waals surface area contributed by atoms with Gasteiger partial charge in [-0.15, -0.1) is 23.2 Å². The summed E-state index contributed by atoms with van der Waals surface area (Å²) in [5, 5.41) is 14.9. The molecule has 2 atom stereocenters. The standard InChI is InChI=1S/C19H12Cl5N3O2/c20-10-5-9(6-11(21)7-10)16-17(19(16,23)24)18(29)26-12-1-2-13(22)14(8-12)27-15(28)3-4-25/h1-2,5-8,16-17H,3H2,(H,26,29)(H,27,28). The summed E-state index contributed by atoms with van der Waals surface area (Å²) in [5.74, 6) is -2.14. The van der Waals surface area contributed by atoms with E-state index < -0.39 is 28.0 Å². The molecule has 1 fully saturated rings. The molecule has 0 aromatic heterocycles. The predicted octanol–water partition coefficient (Wildman–Crippen LogP) is 6.02. The lowest BCUT2D eigenvalue weighted by Crippen LogP contribution is -2.17. The second-order valence-corrected chi connectivity index (χ2v) is 9.12. The lowest BCUT2D eigenvalue weighted by molar-refractivity contribution is -0.117. The van der Waals surface area contributed by atoms with Crippen LogP contribution in [0.15, 0.2) is 36.4 Å². The Balaban J connectivity index is 1.76. The van der Waals surface area contributed by atoms with E-state index >= 15 is 0 Å². The Bertz CT molecular complexity index is 1010. The van der Waals surface area contributed by atoms with Crippen molar-refractivity contribution in [2.45, 2.75) is 16.7 Å². The summed E-state index contributed by atoms with van der Waals surface area (Å²) in [7, 11) is 0. The Morgan fingerprint density at radius 3 is 2.31 bits per heavy atom. The molecule has 0 heterocycles. The molecular weight excluding hydrogens is 479 g/mol. The van der Waals surface area contributed by atoms with E-state index in [4.69, 9.17) is 63.3 Å². The predicted molar refractivity (Wildman–Crippen MR) is 116 cm³/mol. The highest BCUT2D eigenvalue weighted by atomic mass is 35.5. The SMILES string of the molecule is N#CCC(=O)Nc1cc(NC(=O)C2C(c3cc(Cl)cc(Cl)c3)C2(Cl)Cl)ccc1Cl. The van der Waals surface area contributed by atoms with Gasteiger partial charge >= 0.3 is 0 Å². The second-order valence-electron chi connectivity index (χ2n) is 6.40. The lowest BCUT2D eigenvalue weighted by atomic mass is 10.1. The summed E-state index contributed by atoms with van der Waals surface area (Å²) in [4.78, 5) is 24.4. The van der Waals surface area contributed by atoms with Crippen LogP contribution in [0, 0.1) is 17.2 Å². The molecule has 0 spiro atoms. The van der Waals surface area contributed by atoms with Crippen LogP contribution in [0.3, 0.4) is 0 Å². The largest absolute Gasteiger partial charge is 0.326 e. The first-order valence-corrected chi connectivity index (χ1v) is 10.1. The average Bonchev–Trinajstić information content (AvgIpc) is 3.19. The van der Waals surface area contributed by atoms with Crippen LogP contribution in [0.1, 0.15) is 17.9 Å². The first-order valence-electron chi connectivity index (χ1n) is 8.24. The van der Waals surface area contributed by atoms with E-state index in [1.807, 2.05) is 0 Å². The first kappa shape index (κ1) is 22.0. The molecule has 150 valence electrons. The number of halogens is 5. The van der Waals surface area contributed by atoms with Gasteiger partial charge in [0.2, 0.25) is 11.8 Å². The highest BCUT2D eigenvalue weighted by Crippen LogP contribution is 2.65. The fraction of sp³-hybridized carbons (Fsp3) is 0.211. The summed E-state index contributed by atoms with van der Waals surface area (Å²) in [6.07, 6.45) is -0.320. The average molecular weight is 492 g/mol. The van der Waals surface area contributed by atoms with E-state index in [0.29, 0.717) is 21.3 Å². The quantitative estimate of drug-likeness (QED) is 0.502. The van der Waals surface area contributed by atoms with Crippen molar-refractivity contribution in [1.82, 2.24) is 0 Å². The summed E-state index contributed by atoms with van der Waals surface area (Å²) in [6, 6.07) is 11.2. The van der Waals surface area contributed by atoms with Crippen molar-refractivity contribution in [2.24, 2.45) is 5.92 Å². The Hall–Kier alpha value is -1.68. The number of nitriles is 1. The van der Waals surface area contributed by atoms with Crippen LogP contribution in [-0.4, -0.2) is 16.1 Å². The van der Waals surface area contributed by atoms with Crippen LogP contribution < -0.4 is 10.6 Å². The number of alkyl halides is 2. The maximum Gasteiger partial charge on any atom is 0.238 e. The Labute approximate surface area is 191 Å². The van der Waals surface area contributed by atoms with Crippen molar-refractivity contribution < 1.29 is 9.59 Å². The van der Waals surface area contributed by atoms with Gasteiger partial charge < -0.3 is 10.6 Å². The van der Waals surface area contributed by atoms with Gasteiger partial charge in [-0.25, -0.2) is 0 Å². The lowest BCUT2D eigenvalue weighted by Gasteiger charge is -2.10. The van der Waals surface area contributed by atoms with E-state index in [0.717, 1.165) is 0 Å². The number of rotatable bonds is 5. The summed E-state index contributed by atoms with van der Waals surface area (Å²) in [6.45, 7) is 0. The minimum Gasteiger partial charge on any atom is -0.326 e. The monoisotopic (exact) mass is 489 g/mol. The highest BCUT2D eigenvalue weighted by Gasteiger charge is 2.67. The molecule has 2 amide bonds. The Kier molecular flexibility index (Phi) is 6.52. The normalized spacial score (nSPS) is 19.2. The molecule has 0 aliphatic heterocycles. The summed E-state index contributed by atoms with van der Waals surface area (Å²) in [5.41, 5.74) is 1.31. The topological polar surface area (TPSA) is 82.0 Å². The molecule has 0 saturated heterocycles. The third-order valence-corrected chi connectivity index (χ3v) is 6.03.